The van der Waals surface area contributed by atoms with Crippen LogP contribution >= 0.6 is 0 Å². The summed E-state index contributed by atoms with van der Waals surface area (Å²) in [5.41, 5.74) is 9.69. The molecule has 2 N–H and O–H groups in total. The molecule has 0 aromatic heterocycles. The van der Waals surface area contributed by atoms with E-state index in [1.54, 1.807) is 0 Å². The maximum atomic E-state index is 6.18. The number of hydrogen-bond donors (Lipinski definition) is 1. The van der Waals surface area contributed by atoms with Gasteiger partial charge in [-0.25, -0.2) is 0 Å². The summed E-state index contributed by atoms with van der Waals surface area (Å²) in [6.45, 7) is 7.07. The average Bonchev–Trinajstić information content (AvgIpc) is 2.51. The number of nitrogen functional groups attached to an aromatic ring is 1. The van der Waals surface area contributed by atoms with Crippen molar-refractivity contribution in [2.75, 3.05) is 50.0 Å². The lowest BCUT2D eigenvalue weighted by Gasteiger charge is -2.31. The van der Waals surface area contributed by atoms with E-state index in [2.05, 4.69) is 28.0 Å². The zero-order valence-corrected chi connectivity index (χ0v) is 12.2. The average molecular weight is 275 g/mol. The molecule has 2 aliphatic heterocycles. The molecule has 0 saturated carbocycles. The van der Waals surface area contributed by atoms with Crippen molar-refractivity contribution in [3.63, 3.8) is 0 Å². The summed E-state index contributed by atoms with van der Waals surface area (Å²) in [7, 11) is 0. The second-order valence-corrected chi connectivity index (χ2v) is 5.83. The normalized spacial score (nSPS) is 21.1. The van der Waals surface area contributed by atoms with Gasteiger partial charge < -0.3 is 15.4 Å². The molecule has 20 heavy (non-hydrogen) atoms. The predicted octanol–water partition coefficient (Wildman–Crippen LogP) is 2.09. The zero-order valence-electron chi connectivity index (χ0n) is 12.2. The van der Waals surface area contributed by atoms with Crippen molar-refractivity contribution in [3.8, 4) is 0 Å². The second kappa shape index (κ2) is 6.46. The number of piperidine rings is 1. The van der Waals surface area contributed by atoms with Crippen LogP contribution in [0.4, 0.5) is 11.4 Å². The fourth-order valence-corrected chi connectivity index (χ4v) is 3.11. The monoisotopic (exact) mass is 275 g/mol. The molecule has 4 heteroatoms. The van der Waals surface area contributed by atoms with Crippen LogP contribution in [-0.4, -0.2) is 44.3 Å². The van der Waals surface area contributed by atoms with Gasteiger partial charge in [0.25, 0.3) is 0 Å². The molecule has 0 radical (unpaired) electrons. The smallest absolute Gasteiger partial charge is 0.0603 e. The summed E-state index contributed by atoms with van der Waals surface area (Å²) in [4.78, 5) is 4.90. The molecule has 110 valence electrons. The highest BCUT2D eigenvalue weighted by atomic mass is 16.5. The Hall–Kier alpha value is -1.26. The highest BCUT2D eigenvalue weighted by Crippen LogP contribution is 2.28. The van der Waals surface area contributed by atoms with Crippen LogP contribution < -0.4 is 10.6 Å². The summed E-state index contributed by atoms with van der Waals surface area (Å²) in [6.07, 6.45) is 3.92. The van der Waals surface area contributed by atoms with Gasteiger partial charge in [-0.2, -0.15) is 0 Å². The lowest BCUT2D eigenvalue weighted by Crippen LogP contribution is -2.35. The maximum Gasteiger partial charge on any atom is 0.0603 e. The highest BCUT2D eigenvalue weighted by Gasteiger charge is 2.15. The Labute approximate surface area is 121 Å². The molecular formula is C16H25N3O. The van der Waals surface area contributed by atoms with Crippen LogP contribution in [0.25, 0.3) is 0 Å². The van der Waals surface area contributed by atoms with Crippen LogP contribution in [0.15, 0.2) is 18.2 Å². The van der Waals surface area contributed by atoms with E-state index in [-0.39, 0.29) is 0 Å². The van der Waals surface area contributed by atoms with Crippen molar-refractivity contribution >= 4 is 11.4 Å². The topological polar surface area (TPSA) is 41.7 Å². The molecular weight excluding hydrogens is 250 g/mol. The Morgan fingerprint density at radius 3 is 2.50 bits per heavy atom. The van der Waals surface area contributed by atoms with Crippen LogP contribution in [0.5, 0.6) is 0 Å². The van der Waals surface area contributed by atoms with E-state index in [1.807, 2.05) is 0 Å². The van der Waals surface area contributed by atoms with E-state index in [0.29, 0.717) is 0 Å². The fourth-order valence-electron chi connectivity index (χ4n) is 3.11. The van der Waals surface area contributed by atoms with Gasteiger partial charge in [-0.15, -0.1) is 0 Å². The SMILES string of the molecule is Nc1ccc(CN2CCOCC2)cc1N1CCCCC1. The molecule has 2 saturated heterocycles. The summed E-state index contributed by atoms with van der Waals surface area (Å²) in [5, 5.41) is 0. The molecule has 0 unspecified atom stereocenters. The molecule has 0 bridgehead atoms. The largest absolute Gasteiger partial charge is 0.397 e. The first-order chi connectivity index (χ1) is 9.83. The van der Waals surface area contributed by atoms with Crippen LogP contribution in [0.3, 0.4) is 0 Å². The number of rotatable bonds is 3. The maximum absolute atomic E-state index is 6.18. The molecule has 0 atom stereocenters. The highest BCUT2D eigenvalue weighted by molar-refractivity contribution is 5.68. The molecule has 3 rings (SSSR count). The van der Waals surface area contributed by atoms with Crippen molar-refractivity contribution < 1.29 is 4.74 Å². The summed E-state index contributed by atoms with van der Waals surface area (Å²) in [5.74, 6) is 0. The third-order valence-electron chi connectivity index (χ3n) is 4.30. The molecule has 0 spiro atoms. The van der Waals surface area contributed by atoms with E-state index < -0.39 is 0 Å². The summed E-state index contributed by atoms with van der Waals surface area (Å²) < 4.78 is 5.41. The minimum absolute atomic E-state index is 0.855. The number of nitrogens with two attached hydrogens (primary N) is 1. The molecule has 2 heterocycles. The van der Waals surface area contributed by atoms with Crippen LogP contribution in [0.1, 0.15) is 24.8 Å². The number of hydrogen-bond acceptors (Lipinski definition) is 4. The van der Waals surface area contributed by atoms with Crippen molar-refractivity contribution in [2.24, 2.45) is 0 Å². The molecule has 0 aliphatic carbocycles. The zero-order chi connectivity index (χ0) is 13.8. The van der Waals surface area contributed by atoms with Gasteiger partial charge in [0.1, 0.15) is 0 Å². The Morgan fingerprint density at radius 1 is 1.00 bits per heavy atom. The molecule has 0 amide bonds. The van der Waals surface area contributed by atoms with Gasteiger partial charge in [-0.05, 0) is 37.0 Å². The minimum atomic E-state index is 0.855. The third kappa shape index (κ3) is 3.25. The Morgan fingerprint density at radius 2 is 1.75 bits per heavy atom. The van der Waals surface area contributed by atoms with E-state index in [4.69, 9.17) is 10.5 Å². The standard InChI is InChI=1S/C16H25N3O/c17-15-5-4-14(13-18-8-10-20-11-9-18)12-16(15)19-6-2-1-3-7-19/h4-5,12H,1-3,6-11,13,17H2. The first kappa shape index (κ1) is 13.7. The lowest BCUT2D eigenvalue weighted by molar-refractivity contribution is 0.0342. The fraction of sp³-hybridized carbons (Fsp3) is 0.625. The van der Waals surface area contributed by atoms with E-state index in [9.17, 15) is 0 Å². The van der Waals surface area contributed by atoms with Gasteiger partial charge in [0.05, 0.1) is 24.6 Å². The molecule has 2 aliphatic rings. The van der Waals surface area contributed by atoms with Crippen molar-refractivity contribution in [1.29, 1.82) is 0 Å². The van der Waals surface area contributed by atoms with Gasteiger partial charge in [0.15, 0.2) is 0 Å². The Bertz CT molecular complexity index is 437. The van der Waals surface area contributed by atoms with Gasteiger partial charge in [-0.3, -0.25) is 4.90 Å². The lowest BCUT2D eigenvalue weighted by atomic mass is 10.1. The third-order valence-corrected chi connectivity index (χ3v) is 4.30. The van der Waals surface area contributed by atoms with Gasteiger partial charge in [-0.1, -0.05) is 6.07 Å². The van der Waals surface area contributed by atoms with Gasteiger partial charge >= 0.3 is 0 Å². The first-order valence-electron chi connectivity index (χ1n) is 7.76. The Kier molecular flexibility index (Phi) is 4.43. The number of ether oxygens (including phenoxy) is 1. The number of nitrogens with zero attached hydrogens (tertiary/aromatic N) is 2. The summed E-state index contributed by atoms with van der Waals surface area (Å²) >= 11 is 0. The quantitative estimate of drug-likeness (QED) is 0.858. The van der Waals surface area contributed by atoms with E-state index >= 15 is 0 Å². The van der Waals surface area contributed by atoms with Crippen molar-refractivity contribution in [1.82, 2.24) is 4.90 Å². The number of benzene rings is 1. The van der Waals surface area contributed by atoms with Crippen LogP contribution in [0.2, 0.25) is 0 Å². The van der Waals surface area contributed by atoms with Crippen LogP contribution in [0, 0.1) is 0 Å². The Balaban J connectivity index is 1.71. The van der Waals surface area contributed by atoms with Crippen molar-refractivity contribution in [2.45, 2.75) is 25.8 Å². The summed E-state index contributed by atoms with van der Waals surface area (Å²) in [6, 6.07) is 6.52. The molecule has 1 aromatic carbocycles. The second-order valence-electron chi connectivity index (χ2n) is 5.83. The molecule has 2 fully saturated rings. The van der Waals surface area contributed by atoms with E-state index in [0.717, 1.165) is 51.6 Å². The number of anilines is 2. The van der Waals surface area contributed by atoms with E-state index in [1.165, 1.54) is 30.5 Å². The van der Waals surface area contributed by atoms with Crippen molar-refractivity contribution in [3.05, 3.63) is 23.8 Å². The first-order valence-corrected chi connectivity index (χ1v) is 7.76. The molecule has 1 aromatic rings. The van der Waals surface area contributed by atoms with Gasteiger partial charge in [0, 0.05) is 32.7 Å². The number of morpholine rings is 1. The predicted molar refractivity (Wildman–Crippen MR) is 83.0 cm³/mol. The minimum Gasteiger partial charge on any atom is -0.397 e. The molecule has 4 nitrogen and oxygen atoms in total. The van der Waals surface area contributed by atoms with Gasteiger partial charge in [0.2, 0.25) is 0 Å². The van der Waals surface area contributed by atoms with Crippen LogP contribution in [-0.2, 0) is 11.3 Å².